The van der Waals surface area contributed by atoms with Crippen LogP contribution in [0.5, 0.6) is 0 Å². The van der Waals surface area contributed by atoms with E-state index in [1.807, 2.05) is 23.7 Å². The largest absolute Gasteiger partial charge is 0.394 e. The fourth-order valence-corrected chi connectivity index (χ4v) is 1.96. The van der Waals surface area contributed by atoms with E-state index in [1.54, 1.807) is 0 Å². The van der Waals surface area contributed by atoms with Gasteiger partial charge in [-0.15, -0.1) is 0 Å². The van der Waals surface area contributed by atoms with Crippen LogP contribution in [0.1, 0.15) is 24.6 Å². The Balaban J connectivity index is 2.33. The zero-order chi connectivity index (χ0) is 13.1. The SMILES string of the molecule is CCCn1nc(C)c(N)c1Nc1cccc(C)c1. The summed E-state index contributed by atoms with van der Waals surface area (Å²) in [4.78, 5) is 0. The van der Waals surface area contributed by atoms with Crippen molar-refractivity contribution < 1.29 is 0 Å². The van der Waals surface area contributed by atoms with E-state index < -0.39 is 0 Å². The molecule has 0 bridgehead atoms. The fourth-order valence-electron chi connectivity index (χ4n) is 1.96. The quantitative estimate of drug-likeness (QED) is 0.868. The van der Waals surface area contributed by atoms with Crippen LogP contribution in [0.25, 0.3) is 0 Å². The number of rotatable bonds is 4. The zero-order valence-electron chi connectivity index (χ0n) is 11.2. The average molecular weight is 244 g/mol. The van der Waals surface area contributed by atoms with Gasteiger partial charge in [0.2, 0.25) is 0 Å². The molecule has 2 rings (SSSR count). The first kappa shape index (κ1) is 12.5. The van der Waals surface area contributed by atoms with Crippen LogP contribution in [0.3, 0.4) is 0 Å². The molecule has 0 unspecified atom stereocenters. The number of aryl methyl sites for hydroxylation is 3. The molecule has 0 fully saturated rings. The summed E-state index contributed by atoms with van der Waals surface area (Å²) in [6, 6.07) is 8.23. The minimum Gasteiger partial charge on any atom is -0.394 e. The summed E-state index contributed by atoms with van der Waals surface area (Å²) >= 11 is 0. The maximum atomic E-state index is 6.07. The molecule has 0 aliphatic carbocycles. The van der Waals surface area contributed by atoms with E-state index in [9.17, 15) is 0 Å². The lowest BCUT2D eigenvalue weighted by Crippen LogP contribution is -2.05. The molecule has 0 saturated carbocycles. The third-order valence-corrected chi connectivity index (χ3v) is 2.89. The number of aromatic nitrogens is 2. The third-order valence-electron chi connectivity index (χ3n) is 2.89. The van der Waals surface area contributed by atoms with Crippen molar-refractivity contribution in [3.63, 3.8) is 0 Å². The van der Waals surface area contributed by atoms with E-state index in [0.717, 1.165) is 35.9 Å². The van der Waals surface area contributed by atoms with Crippen LogP contribution in [-0.2, 0) is 6.54 Å². The van der Waals surface area contributed by atoms with Crippen LogP contribution < -0.4 is 11.1 Å². The summed E-state index contributed by atoms with van der Waals surface area (Å²) in [7, 11) is 0. The molecule has 96 valence electrons. The molecule has 0 radical (unpaired) electrons. The normalized spacial score (nSPS) is 10.6. The summed E-state index contributed by atoms with van der Waals surface area (Å²) in [5.41, 5.74) is 9.93. The predicted octanol–water partition coefficient (Wildman–Crippen LogP) is 3.24. The van der Waals surface area contributed by atoms with Gasteiger partial charge in [0, 0.05) is 12.2 Å². The van der Waals surface area contributed by atoms with Gasteiger partial charge in [0.25, 0.3) is 0 Å². The summed E-state index contributed by atoms with van der Waals surface area (Å²) in [5.74, 6) is 0.889. The Kier molecular flexibility index (Phi) is 3.55. The Hall–Kier alpha value is -1.97. The second-order valence-corrected chi connectivity index (χ2v) is 4.57. The van der Waals surface area contributed by atoms with Crippen molar-refractivity contribution >= 4 is 17.2 Å². The molecule has 3 N–H and O–H groups in total. The molecule has 1 aromatic heterocycles. The van der Waals surface area contributed by atoms with E-state index in [4.69, 9.17) is 5.73 Å². The van der Waals surface area contributed by atoms with Crippen LogP contribution in [0.4, 0.5) is 17.2 Å². The Bertz CT molecular complexity index is 543. The van der Waals surface area contributed by atoms with Gasteiger partial charge in [-0.2, -0.15) is 5.10 Å². The standard InChI is InChI=1S/C14H20N4/c1-4-8-18-14(13(15)11(3)17-18)16-12-7-5-6-10(2)9-12/h5-7,9,16H,4,8,15H2,1-3H3. The van der Waals surface area contributed by atoms with E-state index >= 15 is 0 Å². The number of anilines is 3. The Morgan fingerprint density at radius 3 is 2.78 bits per heavy atom. The number of nitrogens with zero attached hydrogens (tertiary/aromatic N) is 2. The van der Waals surface area contributed by atoms with Crippen LogP contribution >= 0.6 is 0 Å². The van der Waals surface area contributed by atoms with Gasteiger partial charge in [-0.05, 0) is 38.0 Å². The molecular weight excluding hydrogens is 224 g/mol. The lowest BCUT2D eigenvalue weighted by atomic mass is 10.2. The van der Waals surface area contributed by atoms with Crippen molar-refractivity contribution in [2.75, 3.05) is 11.1 Å². The highest BCUT2D eigenvalue weighted by Crippen LogP contribution is 2.26. The Morgan fingerprint density at radius 1 is 1.33 bits per heavy atom. The van der Waals surface area contributed by atoms with Gasteiger partial charge >= 0.3 is 0 Å². The summed E-state index contributed by atoms with van der Waals surface area (Å²) in [6.07, 6.45) is 1.03. The van der Waals surface area contributed by atoms with Crippen molar-refractivity contribution in [2.45, 2.75) is 33.7 Å². The predicted molar refractivity (Wildman–Crippen MR) is 76.1 cm³/mol. The molecule has 1 heterocycles. The van der Waals surface area contributed by atoms with Crippen molar-refractivity contribution in [3.8, 4) is 0 Å². The topological polar surface area (TPSA) is 55.9 Å². The van der Waals surface area contributed by atoms with Gasteiger partial charge in [0.15, 0.2) is 5.82 Å². The third kappa shape index (κ3) is 2.47. The minimum absolute atomic E-state index is 0.727. The molecule has 4 heteroatoms. The molecule has 0 spiro atoms. The van der Waals surface area contributed by atoms with Crippen LogP contribution in [0, 0.1) is 13.8 Å². The van der Waals surface area contributed by atoms with Gasteiger partial charge in [-0.3, -0.25) is 0 Å². The number of nitrogens with one attached hydrogen (secondary N) is 1. The molecule has 4 nitrogen and oxygen atoms in total. The summed E-state index contributed by atoms with van der Waals surface area (Å²) in [5, 5.41) is 7.81. The molecule has 0 saturated heterocycles. The Morgan fingerprint density at radius 2 is 2.11 bits per heavy atom. The van der Waals surface area contributed by atoms with Gasteiger partial charge in [0.05, 0.1) is 11.4 Å². The first-order chi connectivity index (χ1) is 8.61. The van der Waals surface area contributed by atoms with Gasteiger partial charge in [-0.25, -0.2) is 4.68 Å². The maximum absolute atomic E-state index is 6.07. The molecule has 0 atom stereocenters. The smallest absolute Gasteiger partial charge is 0.152 e. The highest BCUT2D eigenvalue weighted by Gasteiger charge is 2.11. The number of nitrogen functional groups attached to an aromatic ring is 1. The molecule has 0 amide bonds. The molecule has 1 aromatic carbocycles. The average Bonchev–Trinajstić information content (AvgIpc) is 2.58. The van der Waals surface area contributed by atoms with Crippen LogP contribution in [-0.4, -0.2) is 9.78 Å². The Labute approximate surface area is 108 Å². The zero-order valence-corrected chi connectivity index (χ0v) is 11.2. The van der Waals surface area contributed by atoms with Crippen molar-refractivity contribution in [1.29, 1.82) is 0 Å². The molecule has 18 heavy (non-hydrogen) atoms. The maximum Gasteiger partial charge on any atom is 0.152 e. The number of hydrogen-bond acceptors (Lipinski definition) is 3. The van der Waals surface area contributed by atoms with Crippen molar-refractivity contribution in [1.82, 2.24) is 9.78 Å². The second-order valence-electron chi connectivity index (χ2n) is 4.57. The van der Waals surface area contributed by atoms with Gasteiger partial charge in [-0.1, -0.05) is 19.1 Å². The fraction of sp³-hybridized carbons (Fsp3) is 0.357. The van der Waals surface area contributed by atoms with Crippen molar-refractivity contribution in [3.05, 3.63) is 35.5 Å². The molecule has 0 aliphatic heterocycles. The van der Waals surface area contributed by atoms with E-state index in [2.05, 4.69) is 36.4 Å². The first-order valence-electron chi connectivity index (χ1n) is 6.28. The van der Waals surface area contributed by atoms with Crippen LogP contribution in [0.15, 0.2) is 24.3 Å². The minimum atomic E-state index is 0.727. The molecular formula is C14H20N4. The lowest BCUT2D eigenvalue weighted by Gasteiger charge is -2.10. The highest BCUT2D eigenvalue weighted by atomic mass is 15.3. The molecule has 2 aromatic rings. The van der Waals surface area contributed by atoms with E-state index in [0.29, 0.717) is 0 Å². The number of benzene rings is 1. The van der Waals surface area contributed by atoms with Gasteiger partial charge < -0.3 is 11.1 Å². The molecule has 0 aliphatic rings. The monoisotopic (exact) mass is 244 g/mol. The number of hydrogen-bond donors (Lipinski definition) is 2. The highest BCUT2D eigenvalue weighted by molar-refractivity contribution is 5.71. The van der Waals surface area contributed by atoms with Crippen molar-refractivity contribution in [2.24, 2.45) is 0 Å². The van der Waals surface area contributed by atoms with Gasteiger partial charge in [0.1, 0.15) is 0 Å². The van der Waals surface area contributed by atoms with Crippen LogP contribution in [0.2, 0.25) is 0 Å². The van der Waals surface area contributed by atoms with E-state index in [-0.39, 0.29) is 0 Å². The summed E-state index contributed by atoms with van der Waals surface area (Å²) in [6.45, 7) is 7.00. The summed E-state index contributed by atoms with van der Waals surface area (Å²) < 4.78 is 1.94. The lowest BCUT2D eigenvalue weighted by molar-refractivity contribution is 0.605. The first-order valence-corrected chi connectivity index (χ1v) is 6.28. The van der Waals surface area contributed by atoms with E-state index in [1.165, 1.54) is 5.56 Å². The number of nitrogens with two attached hydrogens (primary N) is 1. The second kappa shape index (κ2) is 5.12.